The second-order valence-electron chi connectivity index (χ2n) is 7.47. The summed E-state index contributed by atoms with van der Waals surface area (Å²) < 4.78 is 11.2. The highest BCUT2D eigenvalue weighted by Crippen LogP contribution is 2.24. The number of allylic oxidation sites excluding steroid dienone is 1. The number of rotatable bonds is 14. The Hall–Kier alpha value is -3.14. The molecule has 1 heterocycles. The largest absolute Gasteiger partial charge is 0.491 e. The molecule has 1 unspecified atom stereocenters. The highest BCUT2D eigenvalue weighted by molar-refractivity contribution is 5.60. The molecular weight excluding hydrogens is 400 g/mol. The van der Waals surface area contributed by atoms with Crippen LogP contribution in [0.2, 0.25) is 0 Å². The van der Waals surface area contributed by atoms with Crippen LogP contribution < -0.4 is 15.4 Å². The Morgan fingerprint density at radius 3 is 2.62 bits per heavy atom. The van der Waals surface area contributed by atoms with Gasteiger partial charge >= 0.3 is 0 Å². The molecule has 170 valence electrons. The molecule has 0 aliphatic heterocycles. The van der Waals surface area contributed by atoms with Crippen LogP contribution in [0.25, 0.3) is 6.08 Å². The number of ether oxygens (including phenoxy) is 2. The lowest BCUT2D eigenvalue weighted by Gasteiger charge is -2.21. The minimum atomic E-state index is 0.0497. The van der Waals surface area contributed by atoms with Crippen LogP contribution in [0.1, 0.15) is 42.8 Å². The van der Waals surface area contributed by atoms with E-state index in [-0.39, 0.29) is 6.04 Å². The molecular formula is C26H34N4O2. The lowest BCUT2D eigenvalue weighted by molar-refractivity contribution is 0.103. The van der Waals surface area contributed by atoms with Crippen molar-refractivity contribution >= 4 is 6.08 Å². The van der Waals surface area contributed by atoms with Crippen molar-refractivity contribution in [3.05, 3.63) is 77.3 Å². The third kappa shape index (κ3) is 8.54. The van der Waals surface area contributed by atoms with Crippen molar-refractivity contribution < 1.29 is 9.47 Å². The number of nitrogens with zero attached hydrogens (tertiary/aromatic N) is 2. The number of likely N-dealkylation sites (N-methyl/N-ethyl adjacent to an activating group) is 1. The maximum Gasteiger partial charge on any atom is 0.119 e. The maximum absolute atomic E-state index is 9.65. The Morgan fingerprint density at radius 1 is 1.19 bits per heavy atom. The SMILES string of the molecule is C=C(NC(CCC)c1ccc(OCCOCCNC)cc1)/C(C#N)=C/c1cccc(C)n1. The molecule has 1 aromatic heterocycles. The number of pyridine rings is 1. The molecule has 2 rings (SSSR count). The number of hydrogen-bond acceptors (Lipinski definition) is 6. The fourth-order valence-corrected chi connectivity index (χ4v) is 3.17. The third-order valence-corrected chi connectivity index (χ3v) is 4.85. The van der Waals surface area contributed by atoms with Gasteiger partial charge in [-0.05, 0) is 56.3 Å². The Bertz CT molecular complexity index is 916. The summed E-state index contributed by atoms with van der Waals surface area (Å²) in [7, 11) is 1.90. The molecule has 0 fully saturated rings. The summed E-state index contributed by atoms with van der Waals surface area (Å²) in [5.41, 5.74) is 3.84. The van der Waals surface area contributed by atoms with E-state index in [2.05, 4.69) is 47.3 Å². The van der Waals surface area contributed by atoms with Crippen molar-refractivity contribution in [1.82, 2.24) is 15.6 Å². The van der Waals surface area contributed by atoms with E-state index in [1.54, 1.807) is 6.08 Å². The van der Waals surface area contributed by atoms with Gasteiger partial charge in [0.25, 0.3) is 0 Å². The van der Waals surface area contributed by atoms with Crippen molar-refractivity contribution in [3.8, 4) is 11.8 Å². The summed E-state index contributed by atoms with van der Waals surface area (Å²) in [5, 5.41) is 16.1. The molecule has 0 aliphatic rings. The van der Waals surface area contributed by atoms with Gasteiger partial charge in [-0.25, -0.2) is 0 Å². The van der Waals surface area contributed by atoms with Gasteiger partial charge in [-0.1, -0.05) is 38.1 Å². The van der Waals surface area contributed by atoms with Crippen LogP contribution in [-0.4, -0.2) is 38.4 Å². The molecule has 0 saturated heterocycles. The number of aromatic nitrogens is 1. The second-order valence-corrected chi connectivity index (χ2v) is 7.47. The van der Waals surface area contributed by atoms with E-state index in [9.17, 15) is 5.26 Å². The topological polar surface area (TPSA) is 79.2 Å². The summed E-state index contributed by atoms with van der Waals surface area (Å²) in [6.07, 6.45) is 3.68. The van der Waals surface area contributed by atoms with Gasteiger partial charge in [0.05, 0.1) is 30.5 Å². The van der Waals surface area contributed by atoms with E-state index in [1.165, 1.54) is 0 Å². The van der Waals surface area contributed by atoms with Gasteiger partial charge < -0.3 is 20.1 Å². The Balaban J connectivity index is 1.99. The van der Waals surface area contributed by atoms with E-state index < -0.39 is 0 Å². The van der Waals surface area contributed by atoms with Gasteiger partial charge in [-0.15, -0.1) is 0 Å². The average Bonchev–Trinajstić information content (AvgIpc) is 2.80. The molecule has 1 aromatic carbocycles. The molecule has 2 N–H and O–H groups in total. The van der Waals surface area contributed by atoms with Crippen LogP contribution in [-0.2, 0) is 4.74 Å². The molecule has 1 atom stereocenters. The molecule has 2 aromatic rings. The summed E-state index contributed by atoms with van der Waals surface area (Å²) in [6, 6.07) is 16.1. The van der Waals surface area contributed by atoms with Gasteiger partial charge in [0.15, 0.2) is 0 Å². The smallest absolute Gasteiger partial charge is 0.119 e. The van der Waals surface area contributed by atoms with Gasteiger partial charge in [-0.3, -0.25) is 4.98 Å². The van der Waals surface area contributed by atoms with Crippen molar-refractivity contribution in [2.75, 3.05) is 33.4 Å². The lowest BCUT2D eigenvalue weighted by Crippen LogP contribution is -2.21. The Kier molecular flexibility index (Phi) is 11.0. The standard InChI is InChI=1S/C26H34N4O2/c1-5-7-26(22-10-12-25(13-11-22)32-17-16-31-15-14-28-4)30-21(3)23(19-27)18-24-9-6-8-20(2)29-24/h6,8-13,18,26,28,30H,3,5,7,14-17H2,1-2,4H3/b23-18+. The number of nitrogens with one attached hydrogen (secondary N) is 2. The summed E-state index contributed by atoms with van der Waals surface area (Å²) in [6.45, 7) is 10.7. The molecule has 0 amide bonds. The molecule has 0 aliphatic carbocycles. The quantitative estimate of drug-likeness (QED) is 0.258. The van der Waals surface area contributed by atoms with Crippen molar-refractivity contribution in [2.45, 2.75) is 32.7 Å². The van der Waals surface area contributed by atoms with Crippen LogP contribution in [0.4, 0.5) is 0 Å². The summed E-state index contributed by atoms with van der Waals surface area (Å²) in [5.74, 6) is 0.808. The molecule has 6 heteroatoms. The first-order chi connectivity index (χ1) is 15.6. The number of nitriles is 1. The second kappa shape index (κ2) is 14.0. The summed E-state index contributed by atoms with van der Waals surface area (Å²) >= 11 is 0. The minimum absolute atomic E-state index is 0.0497. The third-order valence-electron chi connectivity index (χ3n) is 4.85. The van der Waals surface area contributed by atoms with Gasteiger partial charge in [-0.2, -0.15) is 5.26 Å². The monoisotopic (exact) mass is 434 g/mol. The Morgan fingerprint density at radius 2 is 1.97 bits per heavy atom. The summed E-state index contributed by atoms with van der Waals surface area (Å²) in [4.78, 5) is 4.45. The van der Waals surface area contributed by atoms with Gasteiger partial charge in [0.1, 0.15) is 18.4 Å². The van der Waals surface area contributed by atoms with Crippen molar-refractivity contribution in [1.29, 1.82) is 5.26 Å². The molecule has 32 heavy (non-hydrogen) atoms. The van der Waals surface area contributed by atoms with E-state index in [1.807, 2.05) is 44.3 Å². The first-order valence-electron chi connectivity index (χ1n) is 11.0. The van der Waals surface area contributed by atoms with Gasteiger partial charge in [0, 0.05) is 17.9 Å². The Labute approximate surface area is 192 Å². The molecule has 6 nitrogen and oxygen atoms in total. The first-order valence-corrected chi connectivity index (χ1v) is 11.0. The minimum Gasteiger partial charge on any atom is -0.491 e. The van der Waals surface area contributed by atoms with Crippen LogP contribution in [0.3, 0.4) is 0 Å². The molecule has 0 radical (unpaired) electrons. The van der Waals surface area contributed by atoms with E-state index in [0.717, 1.165) is 42.1 Å². The van der Waals surface area contributed by atoms with E-state index >= 15 is 0 Å². The molecule has 0 spiro atoms. The zero-order chi connectivity index (χ0) is 23.2. The predicted molar refractivity (Wildman–Crippen MR) is 129 cm³/mol. The zero-order valence-electron chi connectivity index (χ0n) is 19.4. The van der Waals surface area contributed by atoms with E-state index in [4.69, 9.17) is 9.47 Å². The fraction of sp³-hybridized carbons (Fsp3) is 0.385. The maximum atomic E-state index is 9.65. The number of aryl methyl sites for hydroxylation is 1. The first kappa shape index (κ1) is 25.1. The van der Waals surface area contributed by atoms with E-state index in [0.29, 0.717) is 31.1 Å². The average molecular weight is 435 g/mol. The zero-order valence-corrected chi connectivity index (χ0v) is 19.4. The van der Waals surface area contributed by atoms with Crippen LogP contribution in [0.5, 0.6) is 5.75 Å². The normalized spacial score (nSPS) is 12.1. The highest BCUT2D eigenvalue weighted by atomic mass is 16.5. The molecule has 0 saturated carbocycles. The van der Waals surface area contributed by atoms with Crippen LogP contribution >= 0.6 is 0 Å². The highest BCUT2D eigenvalue weighted by Gasteiger charge is 2.14. The fourth-order valence-electron chi connectivity index (χ4n) is 3.17. The van der Waals surface area contributed by atoms with Gasteiger partial charge in [0.2, 0.25) is 0 Å². The van der Waals surface area contributed by atoms with Crippen LogP contribution in [0.15, 0.2) is 60.3 Å². The predicted octanol–water partition coefficient (Wildman–Crippen LogP) is 4.56. The number of hydrogen-bond donors (Lipinski definition) is 2. The van der Waals surface area contributed by atoms with Crippen LogP contribution in [0, 0.1) is 18.3 Å². The van der Waals surface area contributed by atoms with Crippen molar-refractivity contribution in [2.24, 2.45) is 0 Å². The lowest BCUT2D eigenvalue weighted by atomic mass is 10.0. The van der Waals surface area contributed by atoms with Crippen molar-refractivity contribution in [3.63, 3.8) is 0 Å². The number of benzene rings is 1. The molecule has 0 bridgehead atoms.